The third-order valence-electron chi connectivity index (χ3n) is 5.80. The predicted molar refractivity (Wildman–Crippen MR) is 95.1 cm³/mol. The van der Waals surface area contributed by atoms with Crippen LogP contribution in [0.3, 0.4) is 0 Å². The number of hydrogen-bond acceptors (Lipinski definition) is 6. The van der Waals surface area contributed by atoms with Crippen LogP contribution < -0.4 is 0 Å². The summed E-state index contributed by atoms with van der Waals surface area (Å²) in [4.78, 5) is 12.0. The first-order valence-corrected chi connectivity index (χ1v) is 10.4. The Morgan fingerprint density at radius 1 is 1.27 bits per heavy atom. The predicted octanol–water partition coefficient (Wildman–Crippen LogP) is 1.69. The number of Topliss-reactive ketones (excluding diaryl/α,β-unsaturated/α-hetero) is 1. The minimum Gasteiger partial charge on any atom is -0.394 e. The smallest absolute Gasteiger partial charge is 0.189 e. The highest BCUT2D eigenvalue weighted by atomic mass is 32.2. The van der Waals surface area contributed by atoms with Gasteiger partial charge in [0.2, 0.25) is 0 Å². The Hall–Kier alpha value is -1.28. The number of benzene rings is 1. The van der Waals surface area contributed by atoms with Crippen LogP contribution in [0.2, 0.25) is 0 Å². The van der Waals surface area contributed by atoms with Gasteiger partial charge < -0.3 is 19.7 Å². The van der Waals surface area contributed by atoms with E-state index in [0.29, 0.717) is 6.42 Å². The summed E-state index contributed by atoms with van der Waals surface area (Å²) in [5.41, 5.74) is 0. The topological polar surface area (TPSA) is 101 Å². The van der Waals surface area contributed by atoms with Gasteiger partial charge in [0.1, 0.15) is 10.5 Å². The molecule has 1 aromatic rings. The largest absolute Gasteiger partial charge is 0.394 e. The van der Waals surface area contributed by atoms with E-state index < -0.39 is 32.4 Å². The van der Waals surface area contributed by atoms with Gasteiger partial charge in [-0.05, 0) is 37.3 Å². The fraction of sp³-hybridized carbons (Fsp3) is 0.632. The molecule has 5 atom stereocenters. The molecule has 0 bridgehead atoms. The zero-order valence-corrected chi connectivity index (χ0v) is 15.9. The summed E-state index contributed by atoms with van der Waals surface area (Å²) in [5, 5.41) is 21.0. The standard InChI is InChI=1S/C19H26O6S/c1-13-8-15(9-14(2)21)18(11-16(12-20)25-19(18,22)10-13)26(23,24)17-6-4-3-5-7-17/h3-7,13,15-16,20,22H,8-12H2,1-2H3/t13?,15?,16-,18?,19?/m0/s1. The van der Waals surface area contributed by atoms with Crippen LogP contribution in [0.15, 0.2) is 35.2 Å². The average molecular weight is 382 g/mol. The molecule has 3 rings (SSSR count). The lowest BCUT2D eigenvalue weighted by Gasteiger charge is -2.50. The summed E-state index contributed by atoms with van der Waals surface area (Å²) in [6.45, 7) is 2.97. The molecular weight excluding hydrogens is 356 g/mol. The number of rotatable bonds is 5. The molecule has 2 fully saturated rings. The molecule has 26 heavy (non-hydrogen) atoms. The minimum absolute atomic E-state index is 0.000825. The van der Waals surface area contributed by atoms with Gasteiger partial charge in [-0.3, -0.25) is 0 Å². The van der Waals surface area contributed by atoms with Crippen LogP contribution in [0.5, 0.6) is 0 Å². The number of aliphatic hydroxyl groups is 2. The van der Waals surface area contributed by atoms with E-state index in [4.69, 9.17) is 4.74 Å². The van der Waals surface area contributed by atoms with Gasteiger partial charge in [-0.1, -0.05) is 25.1 Å². The number of carbonyl (C=O) groups excluding carboxylic acids is 1. The second-order valence-electron chi connectivity index (χ2n) is 7.76. The van der Waals surface area contributed by atoms with Crippen LogP contribution in [-0.2, 0) is 19.4 Å². The zero-order valence-electron chi connectivity index (χ0n) is 15.1. The molecule has 144 valence electrons. The quantitative estimate of drug-likeness (QED) is 0.804. The van der Waals surface area contributed by atoms with Crippen LogP contribution in [0.25, 0.3) is 0 Å². The highest BCUT2D eigenvalue weighted by molar-refractivity contribution is 7.93. The molecule has 1 heterocycles. The Bertz CT molecular complexity index is 776. The van der Waals surface area contributed by atoms with Crippen LogP contribution in [-0.4, -0.2) is 47.7 Å². The lowest BCUT2D eigenvalue weighted by Crippen LogP contribution is -2.64. The van der Waals surface area contributed by atoms with Crippen molar-refractivity contribution in [2.75, 3.05) is 6.61 Å². The number of ketones is 1. The van der Waals surface area contributed by atoms with Crippen molar-refractivity contribution in [3.63, 3.8) is 0 Å². The van der Waals surface area contributed by atoms with E-state index in [0.717, 1.165) is 0 Å². The van der Waals surface area contributed by atoms with Gasteiger partial charge in [-0.15, -0.1) is 0 Å². The molecule has 6 nitrogen and oxygen atoms in total. The van der Waals surface area contributed by atoms with Gasteiger partial charge in [0, 0.05) is 19.3 Å². The van der Waals surface area contributed by atoms with Crippen molar-refractivity contribution in [1.29, 1.82) is 0 Å². The summed E-state index contributed by atoms with van der Waals surface area (Å²) < 4.78 is 31.5. The van der Waals surface area contributed by atoms with Crippen LogP contribution in [0.1, 0.15) is 39.5 Å². The summed E-state index contributed by atoms with van der Waals surface area (Å²) in [5.74, 6) is -2.62. The Morgan fingerprint density at radius 3 is 2.50 bits per heavy atom. The molecule has 1 aromatic carbocycles. The lowest BCUT2D eigenvalue weighted by molar-refractivity contribution is -0.236. The molecule has 1 saturated carbocycles. The number of carbonyl (C=O) groups is 1. The number of fused-ring (bicyclic) bond motifs is 1. The molecule has 2 N–H and O–H groups in total. The molecule has 1 aliphatic heterocycles. The van der Waals surface area contributed by atoms with Crippen molar-refractivity contribution in [3.05, 3.63) is 30.3 Å². The molecule has 2 aliphatic rings. The van der Waals surface area contributed by atoms with Crippen molar-refractivity contribution in [2.24, 2.45) is 11.8 Å². The number of ether oxygens (including phenoxy) is 1. The van der Waals surface area contributed by atoms with E-state index in [2.05, 4.69) is 0 Å². The van der Waals surface area contributed by atoms with Gasteiger partial charge >= 0.3 is 0 Å². The third kappa shape index (κ3) is 2.81. The molecule has 4 unspecified atom stereocenters. The van der Waals surface area contributed by atoms with E-state index in [1.807, 2.05) is 6.92 Å². The van der Waals surface area contributed by atoms with Crippen LogP contribution in [0.4, 0.5) is 0 Å². The fourth-order valence-corrected chi connectivity index (χ4v) is 7.41. The number of hydrogen-bond donors (Lipinski definition) is 2. The van der Waals surface area contributed by atoms with E-state index in [1.165, 1.54) is 19.1 Å². The second-order valence-corrected chi connectivity index (χ2v) is 9.97. The maximum Gasteiger partial charge on any atom is 0.189 e. The van der Waals surface area contributed by atoms with E-state index >= 15 is 0 Å². The normalized spacial score (nSPS) is 37.3. The Balaban J connectivity index is 2.22. The van der Waals surface area contributed by atoms with E-state index in [1.54, 1.807) is 18.2 Å². The highest BCUT2D eigenvalue weighted by Gasteiger charge is 2.71. The maximum atomic E-state index is 13.7. The number of sulfone groups is 1. The zero-order chi connectivity index (χ0) is 19.2. The first kappa shape index (κ1) is 19.5. The third-order valence-corrected chi connectivity index (χ3v) is 8.47. The first-order chi connectivity index (χ1) is 12.2. The number of aliphatic hydroxyl groups excluding tert-OH is 1. The minimum atomic E-state index is -4.02. The Kier molecular flexibility index (Phi) is 5.03. The Labute approximate surface area is 154 Å². The average Bonchev–Trinajstić information content (AvgIpc) is 2.89. The maximum absolute atomic E-state index is 13.7. The van der Waals surface area contributed by atoms with Crippen molar-refractivity contribution in [2.45, 2.75) is 61.1 Å². The SMILES string of the molecule is CC(=O)CC1CC(C)CC2(O)O[C@H](CO)CC12S(=O)(=O)c1ccccc1. The van der Waals surface area contributed by atoms with Crippen molar-refractivity contribution in [1.82, 2.24) is 0 Å². The summed E-state index contributed by atoms with van der Waals surface area (Å²) in [7, 11) is -4.02. The fourth-order valence-electron chi connectivity index (χ4n) is 4.90. The van der Waals surface area contributed by atoms with E-state index in [-0.39, 0.29) is 42.5 Å². The summed E-state index contributed by atoms with van der Waals surface area (Å²) >= 11 is 0. The van der Waals surface area contributed by atoms with Gasteiger partial charge in [0.15, 0.2) is 15.6 Å². The summed E-state index contributed by atoms with van der Waals surface area (Å²) in [6.07, 6.45) is -0.0834. The van der Waals surface area contributed by atoms with Crippen molar-refractivity contribution >= 4 is 15.6 Å². The van der Waals surface area contributed by atoms with Gasteiger partial charge in [0.25, 0.3) is 0 Å². The van der Waals surface area contributed by atoms with Crippen LogP contribution >= 0.6 is 0 Å². The molecular formula is C19H26O6S. The Morgan fingerprint density at radius 2 is 1.92 bits per heavy atom. The molecule has 7 heteroatoms. The van der Waals surface area contributed by atoms with Crippen molar-refractivity contribution in [3.8, 4) is 0 Å². The van der Waals surface area contributed by atoms with Crippen LogP contribution in [0, 0.1) is 11.8 Å². The molecule has 0 amide bonds. The lowest BCUT2D eigenvalue weighted by atomic mass is 9.68. The molecule has 1 saturated heterocycles. The first-order valence-electron chi connectivity index (χ1n) is 8.96. The molecule has 0 spiro atoms. The van der Waals surface area contributed by atoms with Gasteiger partial charge in [0.05, 0.1) is 17.6 Å². The van der Waals surface area contributed by atoms with E-state index in [9.17, 15) is 23.4 Å². The molecule has 1 aliphatic carbocycles. The summed E-state index contributed by atoms with van der Waals surface area (Å²) in [6, 6.07) is 7.99. The molecule has 0 aromatic heterocycles. The van der Waals surface area contributed by atoms with Gasteiger partial charge in [-0.25, -0.2) is 8.42 Å². The monoisotopic (exact) mass is 382 g/mol. The van der Waals surface area contributed by atoms with Gasteiger partial charge in [-0.2, -0.15) is 0 Å². The second kappa shape index (κ2) is 6.71. The van der Waals surface area contributed by atoms with Crippen molar-refractivity contribution < 1.29 is 28.2 Å². The molecule has 0 radical (unpaired) electrons. The highest BCUT2D eigenvalue weighted by Crippen LogP contribution is 2.58.